The van der Waals surface area contributed by atoms with Gasteiger partial charge in [-0.25, -0.2) is 0 Å². The maximum atomic E-state index is 12.2. The molecule has 1 heterocycles. The lowest BCUT2D eigenvalue weighted by Crippen LogP contribution is -2.42. The lowest BCUT2D eigenvalue weighted by atomic mass is 9.81. The van der Waals surface area contributed by atoms with E-state index in [9.17, 15) is 4.79 Å². The van der Waals surface area contributed by atoms with E-state index in [-0.39, 0.29) is 0 Å². The molecule has 1 saturated heterocycles. The van der Waals surface area contributed by atoms with Crippen LogP contribution < -0.4 is 5.32 Å². The average Bonchev–Trinajstić information content (AvgIpc) is 2.48. The molecule has 1 aromatic carbocycles. The highest BCUT2D eigenvalue weighted by atomic mass is 16.2. The number of carbonyl (C=O) groups excluding carboxylic acids is 1. The number of carbonyl (C=O) groups is 1. The van der Waals surface area contributed by atoms with Gasteiger partial charge < -0.3 is 10.2 Å². The minimum Gasteiger partial charge on any atom is -0.342 e. The molecular formula is C17H26N2O. The first-order valence-corrected chi connectivity index (χ1v) is 7.69. The molecule has 1 amide bonds. The van der Waals surface area contributed by atoms with Crippen LogP contribution in [0.5, 0.6) is 0 Å². The van der Waals surface area contributed by atoms with E-state index in [1.54, 1.807) is 0 Å². The van der Waals surface area contributed by atoms with Crippen molar-refractivity contribution in [2.45, 2.75) is 32.1 Å². The van der Waals surface area contributed by atoms with Gasteiger partial charge in [0.25, 0.3) is 0 Å². The Balaban J connectivity index is 1.87. The third-order valence-corrected chi connectivity index (χ3v) is 4.30. The highest BCUT2D eigenvalue weighted by Crippen LogP contribution is 2.32. The van der Waals surface area contributed by atoms with Gasteiger partial charge in [0.05, 0.1) is 0 Å². The molecule has 2 atom stereocenters. The van der Waals surface area contributed by atoms with Crippen molar-refractivity contribution in [3.05, 3.63) is 35.9 Å². The quantitative estimate of drug-likeness (QED) is 0.837. The van der Waals surface area contributed by atoms with Gasteiger partial charge in [-0.3, -0.25) is 4.79 Å². The summed E-state index contributed by atoms with van der Waals surface area (Å²) in [4.78, 5) is 14.2. The van der Waals surface area contributed by atoms with E-state index < -0.39 is 0 Å². The molecule has 0 aromatic heterocycles. The van der Waals surface area contributed by atoms with E-state index in [0.717, 1.165) is 32.5 Å². The summed E-state index contributed by atoms with van der Waals surface area (Å²) < 4.78 is 0. The summed E-state index contributed by atoms with van der Waals surface area (Å²) in [5.74, 6) is 1.45. The van der Waals surface area contributed by atoms with Crippen molar-refractivity contribution in [2.24, 2.45) is 5.92 Å². The highest BCUT2D eigenvalue weighted by Gasteiger charge is 2.29. The number of benzene rings is 1. The zero-order valence-corrected chi connectivity index (χ0v) is 12.6. The van der Waals surface area contributed by atoms with Crippen LogP contribution in [-0.2, 0) is 4.79 Å². The number of amides is 1. The third-order valence-electron chi connectivity index (χ3n) is 4.30. The van der Waals surface area contributed by atoms with E-state index in [2.05, 4.69) is 47.5 Å². The number of likely N-dealkylation sites (tertiary alicyclic amines) is 1. The molecule has 3 heteroatoms. The van der Waals surface area contributed by atoms with Crippen LogP contribution in [0.2, 0.25) is 0 Å². The van der Waals surface area contributed by atoms with E-state index in [1.165, 1.54) is 5.56 Å². The van der Waals surface area contributed by atoms with Crippen LogP contribution in [0.3, 0.4) is 0 Å². The van der Waals surface area contributed by atoms with Gasteiger partial charge in [0, 0.05) is 19.5 Å². The monoisotopic (exact) mass is 274 g/mol. The van der Waals surface area contributed by atoms with Crippen LogP contribution in [0.15, 0.2) is 30.3 Å². The number of rotatable bonds is 5. The summed E-state index contributed by atoms with van der Waals surface area (Å²) in [7, 11) is 1.93. The van der Waals surface area contributed by atoms with Crippen molar-refractivity contribution >= 4 is 5.91 Å². The van der Waals surface area contributed by atoms with E-state index >= 15 is 0 Å². The van der Waals surface area contributed by atoms with E-state index in [1.807, 2.05) is 7.05 Å². The molecule has 2 unspecified atom stereocenters. The van der Waals surface area contributed by atoms with Gasteiger partial charge in [-0.15, -0.1) is 0 Å². The number of piperidine rings is 1. The molecule has 0 aliphatic carbocycles. The van der Waals surface area contributed by atoms with E-state index in [0.29, 0.717) is 24.2 Å². The predicted molar refractivity (Wildman–Crippen MR) is 82.7 cm³/mol. The standard InChI is InChI=1S/C17H26N2O/c1-14-13-19(17(20)9-6-11-18-2)12-10-16(14)15-7-4-3-5-8-15/h3-5,7-8,14,16,18H,6,9-13H2,1-2H3. The second kappa shape index (κ2) is 7.44. The zero-order valence-electron chi connectivity index (χ0n) is 12.6. The van der Waals surface area contributed by atoms with Crippen LogP contribution in [0, 0.1) is 5.92 Å². The van der Waals surface area contributed by atoms with Crippen LogP contribution >= 0.6 is 0 Å². The first kappa shape index (κ1) is 15.0. The summed E-state index contributed by atoms with van der Waals surface area (Å²) in [6.45, 7) is 4.99. The molecule has 1 fully saturated rings. The highest BCUT2D eigenvalue weighted by molar-refractivity contribution is 5.76. The van der Waals surface area contributed by atoms with Crippen LogP contribution in [0.4, 0.5) is 0 Å². The Morgan fingerprint density at radius 3 is 2.75 bits per heavy atom. The Morgan fingerprint density at radius 1 is 1.35 bits per heavy atom. The molecule has 1 aliphatic rings. The predicted octanol–water partition coefficient (Wildman–Crippen LogP) is 2.64. The molecule has 20 heavy (non-hydrogen) atoms. The molecule has 1 aliphatic heterocycles. The van der Waals surface area contributed by atoms with Gasteiger partial charge in [-0.1, -0.05) is 37.3 Å². The Labute approximate surface area is 122 Å². The summed E-state index contributed by atoms with van der Waals surface area (Å²) in [6.07, 6.45) is 2.69. The second-order valence-electron chi connectivity index (χ2n) is 5.83. The molecule has 3 nitrogen and oxygen atoms in total. The Morgan fingerprint density at radius 2 is 2.10 bits per heavy atom. The summed E-state index contributed by atoms with van der Waals surface area (Å²) in [5, 5.41) is 3.09. The van der Waals surface area contributed by atoms with Crippen LogP contribution in [0.25, 0.3) is 0 Å². The molecule has 110 valence electrons. The molecule has 0 spiro atoms. The molecule has 1 N–H and O–H groups in total. The second-order valence-corrected chi connectivity index (χ2v) is 5.83. The van der Waals surface area contributed by atoms with Crippen LogP contribution in [-0.4, -0.2) is 37.5 Å². The lowest BCUT2D eigenvalue weighted by molar-refractivity contribution is -0.133. The van der Waals surface area contributed by atoms with Crippen molar-refractivity contribution in [3.8, 4) is 0 Å². The van der Waals surface area contributed by atoms with Crippen molar-refractivity contribution in [3.63, 3.8) is 0 Å². The molecular weight excluding hydrogens is 248 g/mol. The largest absolute Gasteiger partial charge is 0.342 e. The fourth-order valence-electron chi connectivity index (χ4n) is 3.14. The van der Waals surface area contributed by atoms with Gasteiger partial charge >= 0.3 is 0 Å². The normalized spacial score (nSPS) is 22.8. The van der Waals surface area contributed by atoms with Gasteiger partial charge in [-0.2, -0.15) is 0 Å². The van der Waals surface area contributed by atoms with Crippen molar-refractivity contribution in [2.75, 3.05) is 26.7 Å². The number of nitrogens with one attached hydrogen (secondary N) is 1. The van der Waals surface area contributed by atoms with Crippen molar-refractivity contribution in [1.29, 1.82) is 0 Å². The smallest absolute Gasteiger partial charge is 0.222 e. The Bertz CT molecular complexity index is 418. The third kappa shape index (κ3) is 3.83. The fourth-order valence-corrected chi connectivity index (χ4v) is 3.14. The number of hydrogen-bond acceptors (Lipinski definition) is 2. The summed E-state index contributed by atoms with van der Waals surface area (Å²) in [6, 6.07) is 10.7. The number of nitrogens with zero attached hydrogens (tertiary/aromatic N) is 1. The molecule has 2 rings (SSSR count). The SMILES string of the molecule is CNCCCC(=O)N1CCC(c2ccccc2)C(C)C1. The van der Waals surface area contributed by atoms with Gasteiger partial charge in [-0.05, 0) is 43.8 Å². The summed E-state index contributed by atoms with van der Waals surface area (Å²) >= 11 is 0. The topological polar surface area (TPSA) is 32.3 Å². The minimum absolute atomic E-state index is 0.318. The maximum Gasteiger partial charge on any atom is 0.222 e. The van der Waals surface area contributed by atoms with Crippen molar-refractivity contribution in [1.82, 2.24) is 10.2 Å². The Hall–Kier alpha value is -1.35. The molecule has 0 radical (unpaired) electrons. The summed E-state index contributed by atoms with van der Waals surface area (Å²) in [5.41, 5.74) is 1.42. The fraction of sp³-hybridized carbons (Fsp3) is 0.588. The number of hydrogen-bond donors (Lipinski definition) is 1. The first-order chi connectivity index (χ1) is 9.72. The average molecular weight is 274 g/mol. The molecule has 1 aromatic rings. The van der Waals surface area contributed by atoms with Crippen LogP contribution in [0.1, 0.15) is 37.7 Å². The van der Waals surface area contributed by atoms with Crippen molar-refractivity contribution < 1.29 is 4.79 Å². The molecule has 0 saturated carbocycles. The first-order valence-electron chi connectivity index (χ1n) is 7.69. The lowest BCUT2D eigenvalue weighted by Gasteiger charge is -2.37. The van der Waals surface area contributed by atoms with Gasteiger partial charge in [0.2, 0.25) is 5.91 Å². The minimum atomic E-state index is 0.318. The Kier molecular flexibility index (Phi) is 5.60. The molecule has 0 bridgehead atoms. The maximum absolute atomic E-state index is 12.2. The van der Waals surface area contributed by atoms with Gasteiger partial charge in [0.15, 0.2) is 0 Å². The zero-order chi connectivity index (χ0) is 14.4. The van der Waals surface area contributed by atoms with E-state index in [4.69, 9.17) is 0 Å². The van der Waals surface area contributed by atoms with Gasteiger partial charge in [0.1, 0.15) is 0 Å².